The second-order valence-electron chi connectivity index (χ2n) is 6.84. The van der Waals surface area contributed by atoms with E-state index >= 15 is 0 Å². The molecule has 0 heterocycles. The Morgan fingerprint density at radius 3 is 2.18 bits per heavy atom. The number of hydrogen-bond donors (Lipinski definition) is 3. The Labute approximate surface area is 162 Å². The number of ether oxygens (including phenoxy) is 1. The van der Waals surface area contributed by atoms with Crippen molar-refractivity contribution in [3.8, 4) is 11.1 Å². The molecule has 148 valence electrons. The zero-order chi connectivity index (χ0) is 20.1. The van der Waals surface area contributed by atoms with Gasteiger partial charge in [-0.2, -0.15) is 0 Å². The Kier molecular flexibility index (Phi) is 6.26. The number of nitrogens with two attached hydrogens (primary N) is 1. The highest BCUT2D eigenvalue weighted by Gasteiger charge is 2.29. The van der Waals surface area contributed by atoms with Crippen LogP contribution in [0.25, 0.3) is 11.1 Å². The Morgan fingerprint density at radius 2 is 1.64 bits per heavy atom. The minimum Gasteiger partial charge on any atom is -0.480 e. The third-order valence-corrected chi connectivity index (χ3v) is 5.00. The third kappa shape index (κ3) is 4.31. The summed E-state index contributed by atoms with van der Waals surface area (Å²) >= 11 is 0. The largest absolute Gasteiger partial charge is 0.480 e. The maximum Gasteiger partial charge on any atom is 0.407 e. The van der Waals surface area contributed by atoms with Crippen LogP contribution in [-0.4, -0.2) is 42.5 Å². The number of hydrogen-bond acceptors (Lipinski definition) is 4. The molecule has 0 saturated carbocycles. The van der Waals surface area contributed by atoms with Gasteiger partial charge in [0, 0.05) is 5.92 Å². The lowest BCUT2D eigenvalue weighted by molar-refractivity contribution is -0.138. The predicted octanol–water partition coefficient (Wildman–Crippen LogP) is 3.06. The summed E-state index contributed by atoms with van der Waals surface area (Å²) in [6.07, 6.45) is -0.546. The molecule has 2 atom stereocenters. The number of alkyl carbamates (subject to hydrolysis) is 1. The number of carboxylic acid groups (broad SMARTS) is 1. The Bertz CT molecular complexity index is 812. The number of benzene rings is 2. The summed E-state index contributed by atoms with van der Waals surface area (Å²) in [4.78, 5) is 22.9. The van der Waals surface area contributed by atoms with Gasteiger partial charge in [-0.15, -0.1) is 0 Å². The molecule has 2 aromatic rings. The zero-order valence-corrected chi connectivity index (χ0v) is 15.3. The van der Waals surface area contributed by atoms with E-state index in [2.05, 4.69) is 5.32 Å². The van der Waals surface area contributed by atoms with Gasteiger partial charge in [-0.05, 0) is 35.1 Å². The first-order chi connectivity index (χ1) is 13.5. The molecule has 1 aliphatic carbocycles. The fourth-order valence-corrected chi connectivity index (χ4v) is 3.50. The molecule has 0 fully saturated rings. The molecule has 2 unspecified atom stereocenters. The second-order valence-corrected chi connectivity index (χ2v) is 6.84. The van der Waals surface area contributed by atoms with Crippen molar-refractivity contribution in [2.45, 2.75) is 30.8 Å². The molecule has 0 radical (unpaired) electrons. The van der Waals surface area contributed by atoms with E-state index in [0.717, 1.165) is 22.3 Å². The molecule has 2 aromatic carbocycles. The van der Waals surface area contributed by atoms with E-state index in [1.807, 2.05) is 48.5 Å². The van der Waals surface area contributed by atoms with Crippen LogP contribution in [0.4, 0.5) is 9.18 Å². The van der Waals surface area contributed by atoms with Crippen LogP contribution in [0.5, 0.6) is 0 Å². The molecule has 0 spiro atoms. The zero-order valence-electron chi connectivity index (χ0n) is 15.3. The lowest BCUT2D eigenvalue weighted by Crippen LogP contribution is -2.39. The molecule has 1 amide bonds. The quantitative estimate of drug-likeness (QED) is 0.647. The Morgan fingerprint density at radius 1 is 1.07 bits per heavy atom. The molecule has 7 heteroatoms. The van der Waals surface area contributed by atoms with E-state index in [9.17, 15) is 14.0 Å². The summed E-state index contributed by atoms with van der Waals surface area (Å²) in [7, 11) is 0. The summed E-state index contributed by atoms with van der Waals surface area (Å²) in [6, 6.07) is 14.0. The number of nitrogens with one attached hydrogen (secondary N) is 1. The molecule has 0 saturated heterocycles. The first kappa shape index (κ1) is 19.8. The van der Waals surface area contributed by atoms with E-state index in [1.54, 1.807) is 0 Å². The van der Waals surface area contributed by atoms with E-state index in [0.29, 0.717) is 0 Å². The van der Waals surface area contributed by atoms with Crippen molar-refractivity contribution in [2.75, 3.05) is 13.3 Å². The SMILES string of the molecule is NC(CCC(CF)NC(=O)OCC1c2ccccc2-c2ccccc21)C(=O)O. The molecule has 6 nitrogen and oxygen atoms in total. The van der Waals surface area contributed by atoms with Gasteiger partial charge in [0.05, 0.1) is 6.04 Å². The van der Waals surface area contributed by atoms with Crippen molar-refractivity contribution >= 4 is 12.1 Å². The summed E-state index contributed by atoms with van der Waals surface area (Å²) in [5.41, 5.74) is 9.84. The molecule has 0 aliphatic heterocycles. The lowest BCUT2D eigenvalue weighted by Gasteiger charge is -2.18. The number of carboxylic acids is 1. The van der Waals surface area contributed by atoms with Crippen LogP contribution in [0.15, 0.2) is 48.5 Å². The second kappa shape index (κ2) is 8.84. The maximum absolute atomic E-state index is 13.1. The highest BCUT2D eigenvalue weighted by Crippen LogP contribution is 2.44. The van der Waals surface area contributed by atoms with Gasteiger partial charge in [-0.1, -0.05) is 48.5 Å². The van der Waals surface area contributed by atoms with Crippen molar-refractivity contribution in [1.29, 1.82) is 0 Å². The van der Waals surface area contributed by atoms with Gasteiger partial charge in [0.1, 0.15) is 19.3 Å². The number of carbonyl (C=O) groups excluding carboxylic acids is 1. The van der Waals surface area contributed by atoms with E-state index in [-0.39, 0.29) is 25.4 Å². The maximum atomic E-state index is 13.1. The Hall–Kier alpha value is -2.93. The molecule has 0 bridgehead atoms. The van der Waals surface area contributed by atoms with Crippen molar-refractivity contribution in [2.24, 2.45) is 5.73 Å². The van der Waals surface area contributed by atoms with E-state index in [4.69, 9.17) is 15.6 Å². The van der Waals surface area contributed by atoms with Crippen LogP contribution in [-0.2, 0) is 9.53 Å². The average molecular weight is 386 g/mol. The first-order valence-corrected chi connectivity index (χ1v) is 9.17. The summed E-state index contributed by atoms with van der Waals surface area (Å²) in [6.45, 7) is -0.690. The van der Waals surface area contributed by atoms with Gasteiger partial charge in [0.15, 0.2) is 0 Å². The molecule has 4 N–H and O–H groups in total. The number of fused-ring (bicyclic) bond motifs is 3. The molecule has 1 aliphatic rings. The van der Waals surface area contributed by atoms with Gasteiger partial charge in [0.2, 0.25) is 0 Å². The summed E-state index contributed by atoms with van der Waals surface area (Å²) in [5, 5.41) is 11.2. The van der Waals surface area contributed by atoms with Crippen molar-refractivity contribution < 1.29 is 23.8 Å². The molecular weight excluding hydrogens is 363 g/mol. The monoisotopic (exact) mass is 386 g/mol. The van der Waals surface area contributed by atoms with Crippen LogP contribution in [0.3, 0.4) is 0 Å². The summed E-state index contributed by atoms with van der Waals surface area (Å²) in [5.74, 6) is -1.24. The number of alkyl halides is 1. The van der Waals surface area contributed by atoms with Crippen LogP contribution in [0.1, 0.15) is 29.9 Å². The number of rotatable bonds is 8. The van der Waals surface area contributed by atoms with Crippen LogP contribution in [0, 0.1) is 0 Å². The van der Waals surface area contributed by atoms with Gasteiger partial charge in [-0.25, -0.2) is 9.18 Å². The van der Waals surface area contributed by atoms with Crippen LogP contribution >= 0.6 is 0 Å². The average Bonchev–Trinajstić information content (AvgIpc) is 3.03. The van der Waals surface area contributed by atoms with Crippen molar-refractivity contribution in [3.63, 3.8) is 0 Å². The standard InChI is InChI=1S/C21H23FN2O4/c22-11-13(9-10-19(23)20(25)26)24-21(27)28-12-18-16-7-3-1-5-14(16)15-6-2-4-8-17(15)18/h1-8,13,18-19H,9-12,23H2,(H,24,27)(H,25,26). The summed E-state index contributed by atoms with van der Waals surface area (Å²) < 4.78 is 18.5. The number of amides is 1. The highest BCUT2D eigenvalue weighted by molar-refractivity contribution is 5.79. The normalized spacial score (nSPS) is 14.6. The molecule has 3 rings (SSSR count). The number of carbonyl (C=O) groups is 2. The van der Waals surface area contributed by atoms with Gasteiger partial charge in [0.25, 0.3) is 0 Å². The van der Waals surface area contributed by atoms with E-state index in [1.165, 1.54) is 0 Å². The lowest BCUT2D eigenvalue weighted by atomic mass is 9.98. The number of halogens is 1. The molecular formula is C21H23FN2O4. The van der Waals surface area contributed by atoms with Gasteiger partial charge >= 0.3 is 12.1 Å². The van der Waals surface area contributed by atoms with Crippen LogP contribution < -0.4 is 11.1 Å². The van der Waals surface area contributed by atoms with Crippen molar-refractivity contribution in [1.82, 2.24) is 5.32 Å². The van der Waals surface area contributed by atoms with Gasteiger partial charge < -0.3 is 20.9 Å². The number of aliphatic carboxylic acids is 1. The van der Waals surface area contributed by atoms with Crippen molar-refractivity contribution in [3.05, 3.63) is 59.7 Å². The van der Waals surface area contributed by atoms with E-state index < -0.39 is 30.8 Å². The predicted molar refractivity (Wildman–Crippen MR) is 103 cm³/mol. The smallest absolute Gasteiger partial charge is 0.407 e. The first-order valence-electron chi connectivity index (χ1n) is 9.17. The minimum absolute atomic E-state index is 0.0631. The van der Waals surface area contributed by atoms with Gasteiger partial charge in [-0.3, -0.25) is 4.79 Å². The fourth-order valence-electron chi connectivity index (χ4n) is 3.50. The topological polar surface area (TPSA) is 102 Å². The third-order valence-electron chi connectivity index (χ3n) is 5.00. The fraction of sp³-hybridized carbons (Fsp3) is 0.333. The minimum atomic E-state index is -1.15. The Balaban J connectivity index is 1.59. The highest BCUT2D eigenvalue weighted by atomic mass is 19.1. The molecule has 0 aromatic heterocycles. The van der Waals surface area contributed by atoms with Crippen LogP contribution in [0.2, 0.25) is 0 Å². The molecule has 28 heavy (non-hydrogen) atoms.